The second-order valence-electron chi connectivity index (χ2n) is 4.29. The number of carbonyl (C=O) groups excluding carboxylic acids is 1. The molecule has 4 heteroatoms. The number of benzene rings is 2. The summed E-state index contributed by atoms with van der Waals surface area (Å²) in [6.07, 6.45) is 0.733. The van der Waals surface area contributed by atoms with Crippen molar-refractivity contribution in [2.24, 2.45) is 0 Å². The summed E-state index contributed by atoms with van der Waals surface area (Å²) in [4.78, 5) is 10.7. The van der Waals surface area contributed by atoms with Gasteiger partial charge in [0.1, 0.15) is 17.9 Å². The quantitative estimate of drug-likeness (QED) is 0.752. The minimum absolute atomic E-state index is 0.146. The van der Waals surface area contributed by atoms with Gasteiger partial charge in [-0.05, 0) is 29.8 Å². The van der Waals surface area contributed by atoms with Gasteiger partial charge >= 0.3 is 0 Å². The fourth-order valence-electron chi connectivity index (χ4n) is 1.82. The number of hydrogen-bond acceptors (Lipinski definition) is 1. The van der Waals surface area contributed by atoms with Gasteiger partial charge in [-0.2, -0.15) is 0 Å². The van der Waals surface area contributed by atoms with Gasteiger partial charge < -0.3 is 4.79 Å². The fraction of sp³-hybridized carbons (Fsp3) is 0.133. The van der Waals surface area contributed by atoms with Gasteiger partial charge in [0.2, 0.25) is 0 Å². The van der Waals surface area contributed by atoms with E-state index in [1.54, 1.807) is 13.0 Å². The molecular formula is C15H11ClF2O. The van der Waals surface area contributed by atoms with E-state index in [0.29, 0.717) is 5.56 Å². The van der Waals surface area contributed by atoms with Crippen LogP contribution in [0, 0.1) is 11.6 Å². The molecule has 1 atom stereocenters. The first-order chi connectivity index (χ1) is 9.02. The Balaban J connectivity index is 2.49. The maximum atomic E-state index is 14.0. The van der Waals surface area contributed by atoms with Gasteiger partial charge in [0.25, 0.3) is 0 Å². The highest BCUT2D eigenvalue weighted by Crippen LogP contribution is 2.29. The van der Waals surface area contributed by atoms with E-state index in [4.69, 9.17) is 11.6 Å². The highest BCUT2D eigenvalue weighted by Gasteiger charge is 2.13. The molecule has 2 aromatic rings. The first-order valence-electron chi connectivity index (χ1n) is 5.73. The molecule has 0 amide bonds. The van der Waals surface area contributed by atoms with Crippen molar-refractivity contribution >= 4 is 17.9 Å². The molecule has 0 aliphatic heterocycles. The van der Waals surface area contributed by atoms with Crippen LogP contribution in [0.25, 0.3) is 11.1 Å². The monoisotopic (exact) mass is 280 g/mol. The van der Waals surface area contributed by atoms with E-state index in [2.05, 4.69) is 0 Å². The van der Waals surface area contributed by atoms with Gasteiger partial charge in [0, 0.05) is 22.1 Å². The van der Waals surface area contributed by atoms with Crippen LogP contribution in [0.15, 0.2) is 36.4 Å². The van der Waals surface area contributed by atoms with Crippen LogP contribution in [0.1, 0.15) is 18.4 Å². The zero-order valence-electron chi connectivity index (χ0n) is 10.2. The number of halogens is 3. The van der Waals surface area contributed by atoms with Gasteiger partial charge in [-0.1, -0.05) is 30.7 Å². The van der Waals surface area contributed by atoms with Crippen molar-refractivity contribution in [2.45, 2.75) is 12.8 Å². The van der Waals surface area contributed by atoms with E-state index in [-0.39, 0.29) is 16.1 Å². The first kappa shape index (κ1) is 13.7. The number of aldehydes is 1. The van der Waals surface area contributed by atoms with Crippen LogP contribution in [0.5, 0.6) is 0 Å². The number of hydrogen-bond donors (Lipinski definition) is 0. The van der Waals surface area contributed by atoms with E-state index >= 15 is 0 Å². The van der Waals surface area contributed by atoms with Gasteiger partial charge in [-0.15, -0.1) is 0 Å². The maximum Gasteiger partial charge on any atom is 0.132 e. The summed E-state index contributed by atoms with van der Waals surface area (Å²) in [6.45, 7) is 1.67. The number of rotatable bonds is 3. The van der Waals surface area contributed by atoms with Crippen molar-refractivity contribution in [1.82, 2.24) is 0 Å². The van der Waals surface area contributed by atoms with Gasteiger partial charge in [-0.25, -0.2) is 8.78 Å². The van der Waals surface area contributed by atoms with Gasteiger partial charge in [-0.3, -0.25) is 0 Å². The third-order valence-corrected chi connectivity index (χ3v) is 3.18. The number of carbonyl (C=O) groups is 1. The lowest BCUT2D eigenvalue weighted by Gasteiger charge is -2.09. The molecule has 0 spiro atoms. The summed E-state index contributed by atoms with van der Waals surface area (Å²) in [7, 11) is 0. The third-order valence-electron chi connectivity index (χ3n) is 2.94. The van der Waals surface area contributed by atoms with Crippen LogP contribution in [-0.4, -0.2) is 6.29 Å². The molecule has 1 unspecified atom stereocenters. The van der Waals surface area contributed by atoms with Crippen LogP contribution in [0.3, 0.4) is 0 Å². The van der Waals surface area contributed by atoms with E-state index in [0.717, 1.165) is 12.4 Å². The second-order valence-corrected chi connectivity index (χ2v) is 4.72. The summed E-state index contributed by atoms with van der Waals surface area (Å²) in [5.74, 6) is -1.53. The van der Waals surface area contributed by atoms with E-state index < -0.39 is 17.6 Å². The molecule has 98 valence electrons. The molecule has 0 radical (unpaired) electrons. The Morgan fingerprint density at radius 2 is 1.63 bits per heavy atom. The Kier molecular flexibility index (Phi) is 3.96. The van der Waals surface area contributed by atoms with Crippen molar-refractivity contribution in [3.05, 3.63) is 58.6 Å². The third kappa shape index (κ3) is 2.82. The predicted molar refractivity (Wildman–Crippen MR) is 71.3 cm³/mol. The average molecular weight is 281 g/mol. The zero-order valence-corrected chi connectivity index (χ0v) is 10.9. The first-order valence-corrected chi connectivity index (χ1v) is 6.11. The molecule has 0 fully saturated rings. The smallest absolute Gasteiger partial charge is 0.132 e. The van der Waals surface area contributed by atoms with E-state index in [9.17, 15) is 13.6 Å². The molecule has 0 heterocycles. The molecule has 1 nitrogen and oxygen atoms in total. The topological polar surface area (TPSA) is 17.1 Å². The molecule has 2 aromatic carbocycles. The minimum Gasteiger partial charge on any atom is -0.303 e. The fourth-order valence-corrected chi connectivity index (χ4v) is 1.98. The lowest BCUT2D eigenvalue weighted by molar-refractivity contribution is -0.108. The summed E-state index contributed by atoms with van der Waals surface area (Å²) in [6, 6.07) is 8.41. The summed E-state index contributed by atoms with van der Waals surface area (Å²) in [5.41, 5.74) is 0.855. The zero-order chi connectivity index (χ0) is 14.0. The summed E-state index contributed by atoms with van der Waals surface area (Å²) in [5, 5.41) is 0.257. The molecule has 0 aliphatic carbocycles. The molecule has 0 saturated heterocycles. The normalized spacial score (nSPS) is 12.2. The lowest BCUT2D eigenvalue weighted by Crippen LogP contribution is -1.97. The molecular weight excluding hydrogens is 270 g/mol. The molecule has 0 bridgehead atoms. The van der Waals surface area contributed by atoms with Crippen molar-refractivity contribution in [3.8, 4) is 11.1 Å². The highest BCUT2D eigenvalue weighted by molar-refractivity contribution is 6.30. The van der Waals surface area contributed by atoms with E-state index in [1.165, 1.54) is 24.3 Å². The lowest BCUT2D eigenvalue weighted by atomic mass is 9.97. The largest absolute Gasteiger partial charge is 0.303 e. The van der Waals surface area contributed by atoms with Crippen molar-refractivity contribution < 1.29 is 13.6 Å². The maximum absolute atomic E-state index is 14.0. The molecule has 0 N–H and O–H groups in total. The molecule has 0 aliphatic rings. The summed E-state index contributed by atoms with van der Waals surface area (Å²) < 4.78 is 27.7. The second kappa shape index (κ2) is 5.49. The van der Waals surface area contributed by atoms with Gasteiger partial charge in [0.05, 0.1) is 0 Å². The van der Waals surface area contributed by atoms with Crippen molar-refractivity contribution in [3.63, 3.8) is 0 Å². The van der Waals surface area contributed by atoms with Crippen LogP contribution in [-0.2, 0) is 4.79 Å². The Labute approximate surface area is 114 Å². The predicted octanol–water partition coefficient (Wildman–Crippen LogP) is 4.59. The van der Waals surface area contributed by atoms with Gasteiger partial charge in [0.15, 0.2) is 0 Å². The molecule has 2 rings (SSSR count). The average Bonchev–Trinajstić information content (AvgIpc) is 2.38. The minimum atomic E-state index is -0.581. The van der Waals surface area contributed by atoms with Crippen molar-refractivity contribution in [2.75, 3.05) is 0 Å². The van der Waals surface area contributed by atoms with Crippen LogP contribution < -0.4 is 0 Å². The SMILES string of the molecule is CC(C=O)c1ccc(-c2ccc(Cl)cc2F)c(F)c1. The highest BCUT2D eigenvalue weighted by atomic mass is 35.5. The molecule has 0 saturated carbocycles. The van der Waals surface area contributed by atoms with E-state index in [1.807, 2.05) is 0 Å². The Morgan fingerprint density at radius 3 is 2.16 bits per heavy atom. The van der Waals surface area contributed by atoms with Crippen LogP contribution in [0.2, 0.25) is 5.02 Å². The standard InChI is InChI=1S/C15H11ClF2O/c1-9(8-19)10-2-4-12(14(17)6-10)13-5-3-11(16)7-15(13)18/h2-9H,1H3. The Morgan fingerprint density at radius 1 is 1.05 bits per heavy atom. The van der Waals surface area contributed by atoms with Crippen LogP contribution >= 0.6 is 11.6 Å². The summed E-state index contributed by atoms with van der Waals surface area (Å²) >= 11 is 5.66. The Hall–Kier alpha value is -1.74. The van der Waals surface area contributed by atoms with Crippen molar-refractivity contribution in [1.29, 1.82) is 0 Å². The molecule has 0 aromatic heterocycles. The van der Waals surface area contributed by atoms with Crippen LogP contribution in [0.4, 0.5) is 8.78 Å². The molecule has 19 heavy (non-hydrogen) atoms. The Bertz CT molecular complexity index is 626.